The number of hydrogen-bond donors (Lipinski definition) is 0. The lowest BCUT2D eigenvalue weighted by Gasteiger charge is -2.34. The van der Waals surface area contributed by atoms with Gasteiger partial charge in [-0.3, -0.25) is 9.59 Å². The van der Waals surface area contributed by atoms with Crippen LogP contribution in [0.15, 0.2) is 48.5 Å². The number of carbonyl (C=O) groups is 2. The van der Waals surface area contributed by atoms with Gasteiger partial charge in [0.05, 0.1) is 7.11 Å². The molecule has 3 rings (SSSR count). The van der Waals surface area contributed by atoms with Crippen LogP contribution < -0.4 is 9.47 Å². The number of rotatable bonds is 5. The SMILES string of the molecule is COc1ccc(C(=O)N2CCN(C(=O)COc3cccc(C)c3)CC2)cc1. The van der Waals surface area contributed by atoms with Gasteiger partial charge in [-0.05, 0) is 48.9 Å². The van der Waals surface area contributed by atoms with Crippen molar-refractivity contribution in [2.24, 2.45) is 0 Å². The molecule has 6 nitrogen and oxygen atoms in total. The third-order valence-electron chi connectivity index (χ3n) is 4.61. The molecule has 1 heterocycles. The Labute approximate surface area is 159 Å². The fourth-order valence-electron chi connectivity index (χ4n) is 3.02. The fourth-order valence-corrected chi connectivity index (χ4v) is 3.02. The molecule has 0 bridgehead atoms. The Balaban J connectivity index is 1.48. The summed E-state index contributed by atoms with van der Waals surface area (Å²) in [5.74, 6) is 1.32. The average molecular weight is 368 g/mol. The number of hydrogen-bond acceptors (Lipinski definition) is 4. The second-order valence-corrected chi connectivity index (χ2v) is 6.51. The molecular weight excluding hydrogens is 344 g/mol. The lowest BCUT2D eigenvalue weighted by Crippen LogP contribution is -2.51. The Hall–Kier alpha value is -3.02. The molecule has 0 unspecified atom stereocenters. The first kappa shape index (κ1) is 18.8. The van der Waals surface area contributed by atoms with Crippen molar-refractivity contribution in [3.8, 4) is 11.5 Å². The highest BCUT2D eigenvalue weighted by Crippen LogP contribution is 2.15. The molecule has 2 aromatic carbocycles. The second-order valence-electron chi connectivity index (χ2n) is 6.51. The van der Waals surface area contributed by atoms with E-state index < -0.39 is 0 Å². The molecule has 142 valence electrons. The van der Waals surface area contributed by atoms with Crippen LogP contribution in [0, 0.1) is 6.92 Å². The van der Waals surface area contributed by atoms with E-state index in [9.17, 15) is 9.59 Å². The van der Waals surface area contributed by atoms with Gasteiger partial charge in [0.25, 0.3) is 11.8 Å². The molecular formula is C21H24N2O4. The molecule has 0 aromatic heterocycles. The van der Waals surface area contributed by atoms with Crippen LogP contribution in [0.5, 0.6) is 11.5 Å². The largest absolute Gasteiger partial charge is 0.497 e. The van der Waals surface area contributed by atoms with Crippen LogP contribution in [0.2, 0.25) is 0 Å². The molecule has 2 amide bonds. The summed E-state index contributed by atoms with van der Waals surface area (Å²) < 4.78 is 10.7. The minimum absolute atomic E-state index is 0.00980. The number of piperazine rings is 1. The van der Waals surface area contributed by atoms with Gasteiger partial charge in [0, 0.05) is 31.7 Å². The normalized spacial score (nSPS) is 14.0. The molecule has 1 aliphatic rings. The topological polar surface area (TPSA) is 59.1 Å². The van der Waals surface area contributed by atoms with E-state index in [0.717, 1.165) is 11.3 Å². The first-order valence-corrected chi connectivity index (χ1v) is 8.97. The van der Waals surface area contributed by atoms with Crippen LogP contribution in [0.3, 0.4) is 0 Å². The maximum Gasteiger partial charge on any atom is 0.260 e. The van der Waals surface area contributed by atoms with E-state index in [0.29, 0.717) is 37.5 Å². The summed E-state index contributed by atoms with van der Waals surface area (Å²) in [6.07, 6.45) is 0. The third kappa shape index (κ3) is 4.78. The fraction of sp³-hybridized carbons (Fsp3) is 0.333. The zero-order chi connectivity index (χ0) is 19.2. The van der Waals surface area contributed by atoms with Crippen molar-refractivity contribution in [1.82, 2.24) is 9.80 Å². The molecule has 1 fully saturated rings. The van der Waals surface area contributed by atoms with Crippen molar-refractivity contribution in [1.29, 1.82) is 0 Å². The molecule has 2 aromatic rings. The minimum atomic E-state index is -0.0620. The van der Waals surface area contributed by atoms with Crippen molar-refractivity contribution in [2.45, 2.75) is 6.92 Å². The zero-order valence-electron chi connectivity index (χ0n) is 15.7. The van der Waals surface area contributed by atoms with Crippen molar-refractivity contribution in [3.63, 3.8) is 0 Å². The van der Waals surface area contributed by atoms with Gasteiger partial charge in [0.1, 0.15) is 11.5 Å². The number of aryl methyl sites for hydroxylation is 1. The van der Waals surface area contributed by atoms with Gasteiger partial charge in [-0.2, -0.15) is 0 Å². The number of methoxy groups -OCH3 is 1. The van der Waals surface area contributed by atoms with Crippen LogP contribution >= 0.6 is 0 Å². The molecule has 1 saturated heterocycles. The summed E-state index contributed by atoms with van der Waals surface area (Å²) in [5, 5.41) is 0. The first-order chi connectivity index (χ1) is 13.1. The smallest absolute Gasteiger partial charge is 0.260 e. The molecule has 6 heteroatoms. The number of carbonyl (C=O) groups excluding carboxylic acids is 2. The molecule has 0 aliphatic carbocycles. The molecule has 0 atom stereocenters. The molecule has 0 N–H and O–H groups in total. The van der Waals surface area contributed by atoms with E-state index in [1.165, 1.54) is 0 Å². The molecule has 0 spiro atoms. The van der Waals surface area contributed by atoms with Gasteiger partial charge >= 0.3 is 0 Å². The highest BCUT2D eigenvalue weighted by atomic mass is 16.5. The number of benzene rings is 2. The van der Waals surface area contributed by atoms with Gasteiger partial charge in [-0.15, -0.1) is 0 Å². The zero-order valence-corrected chi connectivity index (χ0v) is 15.7. The van der Waals surface area contributed by atoms with Gasteiger partial charge in [-0.25, -0.2) is 0 Å². The first-order valence-electron chi connectivity index (χ1n) is 8.97. The summed E-state index contributed by atoms with van der Waals surface area (Å²) >= 11 is 0. The lowest BCUT2D eigenvalue weighted by molar-refractivity contribution is -0.134. The van der Waals surface area contributed by atoms with Crippen LogP contribution in [0.25, 0.3) is 0 Å². The number of ether oxygens (including phenoxy) is 2. The minimum Gasteiger partial charge on any atom is -0.497 e. The summed E-state index contributed by atoms with van der Waals surface area (Å²) in [6, 6.07) is 14.7. The van der Waals surface area contributed by atoms with Gasteiger partial charge in [0.15, 0.2) is 6.61 Å². The van der Waals surface area contributed by atoms with E-state index in [2.05, 4.69) is 0 Å². The van der Waals surface area contributed by atoms with E-state index in [1.54, 1.807) is 41.2 Å². The molecule has 0 radical (unpaired) electrons. The lowest BCUT2D eigenvalue weighted by atomic mass is 10.1. The quantitative estimate of drug-likeness (QED) is 0.813. The summed E-state index contributed by atoms with van der Waals surface area (Å²) in [4.78, 5) is 28.4. The second kappa shape index (κ2) is 8.58. The Morgan fingerprint density at radius 3 is 2.22 bits per heavy atom. The highest BCUT2D eigenvalue weighted by molar-refractivity contribution is 5.94. The molecule has 27 heavy (non-hydrogen) atoms. The van der Waals surface area contributed by atoms with Gasteiger partial charge in [-0.1, -0.05) is 12.1 Å². The predicted octanol–water partition coefficient (Wildman–Crippen LogP) is 2.37. The Morgan fingerprint density at radius 1 is 0.926 bits per heavy atom. The summed E-state index contributed by atoms with van der Waals surface area (Å²) in [7, 11) is 1.59. The predicted molar refractivity (Wildman–Crippen MR) is 102 cm³/mol. The van der Waals surface area contributed by atoms with E-state index in [1.807, 2.05) is 31.2 Å². The standard InChI is InChI=1S/C21H24N2O4/c1-16-4-3-5-19(14-16)27-15-20(24)22-10-12-23(13-11-22)21(25)17-6-8-18(26-2)9-7-17/h3-9,14H,10-13,15H2,1-2H3. The van der Waals surface area contributed by atoms with Crippen molar-refractivity contribution >= 4 is 11.8 Å². The Bertz CT molecular complexity index is 796. The molecule has 1 aliphatic heterocycles. The van der Waals surface area contributed by atoms with E-state index in [-0.39, 0.29) is 18.4 Å². The number of nitrogens with zero attached hydrogens (tertiary/aromatic N) is 2. The highest BCUT2D eigenvalue weighted by Gasteiger charge is 2.25. The summed E-state index contributed by atoms with van der Waals surface area (Å²) in [5.41, 5.74) is 1.71. The van der Waals surface area contributed by atoms with Gasteiger partial charge < -0.3 is 19.3 Å². The third-order valence-corrected chi connectivity index (χ3v) is 4.61. The summed E-state index contributed by atoms with van der Waals surface area (Å²) in [6.45, 7) is 4.04. The van der Waals surface area contributed by atoms with Crippen LogP contribution in [0.4, 0.5) is 0 Å². The maximum absolute atomic E-state index is 12.6. The molecule has 0 saturated carbocycles. The van der Waals surface area contributed by atoms with Crippen LogP contribution in [-0.4, -0.2) is 61.5 Å². The maximum atomic E-state index is 12.6. The van der Waals surface area contributed by atoms with Crippen molar-refractivity contribution in [2.75, 3.05) is 39.9 Å². The van der Waals surface area contributed by atoms with Crippen LogP contribution in [0.1, 0.15) is 15.9 Å². The van der Waals surface area contributed by atoms with Crippen molar-refractivity contribution in [3.05, 3.63) is 59.7 Å². The van der Waals surface area contributed by atoms with E-state index in [4.69, 9.17) is 9.47 Å². The Kier molecular flexibility index (Phi) is 5.96. The number of amides is 2. The monoisotopic (exact) mass is 368 g/mol. The van der Waals surface area contributed by atoms with Crippen LogP contribution in [-0.2, 0) is 4.79 Å². The van der Waals surface area contributed by atoms with Gasteiger partial charge in [0.2, 0.25) is 0 Å². The Morgan fingerprint density at radius 2 is 1.59 bits per heavy atom. The van der Waals surface area contributed by atoms with E-state index >= 15 is 0 Å². The van der Waals surface area contributed by atoms with Crippen molar-refractivity contribution < 1.29 is 19.1 Å². The average Bonchev–Trinajstić information content (AvgIpc) is 2.72.